The molecule has 2 aromatic heterocycles. The van der Waals surface area contributed by atoms with E-state index in [9.17, 15) is 0 Å². The van der Waals surface area contributed by atoms with Gasteiger partial charge in [-0.15, -0.1) is 0 Å². The van der Waals surface area contributed by atoms with Crippen molar-refractivity contribution in [2.24, 2.45) is 5.14 Å². The second-order valence-electron chi connectivity index (χ2n) is 3.25. The van der Waals surface area contributed by atoms with Crippen LogP contribution in [0.15, 0.2) is 4.63 Å². The zero-order valence-corrected chi connectivity index (χ0v) is 10.1. The molecule has 2 rings (SSSR count). The fraction of sp³-hybridized carbons (Fsp3) is 0.500. The zero-order valence-electron chi connectivity index (χ0n) is 9.30. The first-order valence-electron chi connectivity index (χ1n) is 5.15. The standard InChI is InChI=1S/C8H13N7OS/c1-2-3-10-5-6(11-4-17-9)13-8-7(12-5)14-16-15-8/h2-4,9H2,1H3,(H,10,12,14)(H,11,13,15). The van der Waals surface area contributed by atoms with Crippen molar-refractivity contribution in [2.75, 3.05) is 23.1 Å². The smallest absolute Gasteiger partial charge is 0.245 e. The molecule has 0 saturated heterocycles. The topological polar surface area (TPSA) is 115 Å². The van der Waals surface area contributed by atoms with Crippen LogP contribution in [0.4, 0.5) is 11.6 Å². The summed E-state index contributed by atoms with van der Waals surface area (Å²) in [4.78, 5) is 8.53. The normalized spacial score (nSPS) is 10.7. The van der Waals surface area contributed by atoms with Crippen molar-refractivity contribution in [1.29, 1.82) is 0 Å². The molecule has 2 heterocycles. The van der Waals surface area contributed by atoms with Crippen molar-refractivity contribution >= 4 is 34.9 Å². The van der Waals surface area contributed by atoms with Crippen LogP contribution in [0.3, 0.4) is 0 Å². The molecule has 0 atom stereocenters. The van der Waals surface area contributed by atoms with Gasteiger partial charge in [0, 0.05) is 6.54 Å². The van der Waals surface area contributed by atoms with E-state index in [4.69, 9.17) is 5.14 Å². The van der Waals surface area contributed by atoms with Crippen molar-refractivity contribution in [3.63, 3.8) is 0 Å². The van der Waals surface area contributed by atoms with E-state index in [0.29, 0.717) is 28.8 Å². The Morgan fingerprint density at radius 1 is 1.18 bits per heavy atom. The van der Waals surface area contributed by atoms with Crippen LogP contribution in [0.2, 0.25) is 0 Å². The summed E-state index contributed by atoms with van der Waals surface area (Å²) >= 11 is 1.17. The third-order valence-electron chi connectivity index (χ3n) is 1.98. The Labute approximate surface area is 102 Å². The van der Waals surface area contributed by atoms with Gasteiger partial charge in [0.05, 0.1) is 5.88 Å². The van der Waals surface area contributed by atoms with E-state index < -0.39 is 0 Å². The van der Waals surface area contributed by atoms with Gasteiger partial charge >= 0.3 is 0 Å². The first-order chi connectivity index (χ1) is 8.35. The molecule has 0 radical (unpaired) electrons. The lowest BCUT2D eigenvalue weighted by Crippen LogP contribution is -2.10. The number of rotatable bonds is 6. The van der Waals surface area contributed by atoms with E-state index in [2.05, 4.69) is 42.5 Å². The lowest BCUT2D eigenvalue weighted by molar-refractivity contribution is 0.314. The summed E-state index contributed by atoms with van der Waals surface area (Å²) in [7, 11) is 0. The quantitative estimate of drug-likeness (QED) is 0.509. The van der Waals surface area contributed by atoms with Gasteiger partial charge < -0.3 is 10.6 Å². The molecule has 0 unspecified atom stereocenters. The molecule has 4 N–H and O–H groups in total. The van der Waals surface area contributed by atoms with E-state index in [1.54, 1.807) is 0 Å². The molecule has 92 valence electrons. The lowest BCUT2D eigenvalue weighted by Gasteiger charge is -2.09. The van der Waals surface area contributed by atoms with E-state index in [0.717, 1.165) is 13.0 Å². The second kappa shape index (κ2) is 5.64. The molecular formula is C8H13N7OS. The lowest BCUT2D eigenvalue weighted by atomic mass is 10.4. The Bertz CT molecular complexity index is 446. The average molecular weight is 255 g/mol. The summed E-state index contributed by atoms with van der Waals surface area (Å²) in [6, 6.07) is 0. The Morgan fingerprint density at radius 3 is 2.41 bits per heavy atom. The largest absolute Gasteiger partial charge is 0.367 e. The van der Waals surface area contributed by atoms with Crippen molar-refractivity contribution in [3.8, 4) is 0 Å². The van der Waals surface area contributed by atoms with Crippen LogP contribution in [0.5, 0.6) is 0 Å². The highest BCUT2D eigenvalue weighted by Crippen LogP contribution is 2.19. The fourth-order valence-electron chi connectivity index (χ4n) is 1.24. The van der Waals surface area contributed by atoms with Gasteiger partial charge in [0.2, 0.25) is 11.3 Å². The summed E-state index contributed by atoms with van der Waals surface area (Å²) < 4.78 is 4.57. The van der Waals surface area contributed by atoms with Crippen LogP contribution in [-0.2, 0) is 0 Å². The van der Waals surface area contributed by atoms with E-state index >= 15 is 0 Å². The predicted octanol–water partition coefficient (Wildman–Crippen LogP) is 0.811. The van der Waals surface area contributed by atoms with E-state index in [-0.39, 0.29) is 0 Å². The van der Waals surface area contributed by atoms with Gasteiger partial charge in [-0.1, -0.05) is 18.9 Å². The molecule has 0 aliphatic heterocycles. The summed E-state index contributed by atoms with van der Waals surface area (Å²) in [5.74, 6) is 1.76. The first-order valence-corrected chi connectivity index (χ1v) is 6.19. The first kappa shape index (κ1) is 11.9. The summed E-state index contributed by atoms with van der Waals surface area (Å²) in [6.45, 7) is 2.87. The van der Waals surface area contributed by atoms with Crippen LogP contribution in [0.25, 0.3) is 11.3 Å². The van der Waals surface area contributed by atoms with Gasteiger partial charge in [-0.25, -0.2) is 14.6 Å². The number of hydrogen-bond donors (Lipinski definition) is 3. The van der Waals surface area contributed by atoms with Crippen molar-refractivity contribution < 1.29 is 4.63 Å². The molecule has 0 aromatic carbocycles. The highest BCUT2D eigenvalue weighted by Gasteiger charge is 2.11. The SMILES string of the molecule is CCCNc1nc2nonc2nc1NCSN. The van der Waals surface area contributed by atoms with Gasteiger partial charge in [0.15, 0.2) is 11.6 Å². The number of nitrogens with two attached hydrogens (primary N) is 1. The van der Waals surface area contributed by atoms with Crippen molar-refractivity contribution in [1.82, 2.24) is 20.3 Å². The predicted molar refractivity (Wildman–Crippen MR) is 66.4 cm³/mol. The maximum Gasteiger partial charge on any atom is 0.245 e. The van der Waals surface area contributed by atoms with E-state index in [1.807, 2.05) is 0 Å². The van der Waals surface area contributed by atoms with Crippen LogP contribution in [0, 0.1) is 0 Å². The maximum atomic E-state index is 5.36. The molecule has 0 fully saturated rings. The minimum Gasteiger partial charge on any atom is -0.367 e. The van der Waals surface area contributed by atoms with Crippen molar-refractivity contribution in [2.45, 2.75) is 13.3 Å². The van der Waals surface area contributed by atoms with Gasteiger partial charge in [0.25, 0.3) is 0 Å². The van der Waals surface area contributed by atoms with Crippen LogP contribution in [0.1, 0.15) is 13.3 Å². The minimum atomic E-state index is 0.372. The molecule has 0 amide bonds. The highest BCUT2D eigenvalue weighted by atomic mass is 32.2. The molecule has 0 aliphatic rings. The molecule has 9 heteroatoms. The summed E-state index contributed by atoms with van der Waals surface area (Å²) in [5.41, 5.74) is 0.756. The zero-order chi connectivity index (χ0) is 12.1. The summed E-state index contributed by atoms with van der Waals surface area (Å²) in [6.07, 6.45) is 0.988. The highest BCUT2D eigenvalue weighted by molar-refractivity contribution is 7.97. The Morgan fingerprint density at radius 2 is 1.82 bits per heavy atom. The Balaban J connectivity index is 2.29. The summed E-state index contributed by atoms with van der Waals surface area (Å²) in [5, 5.41) is 18.9. The van der Waals surface area contributed by atoms with E-state index in [1.165, 1.54) is 11.9 Å². The molecule has 0 bridgehead atoms. The van der Waals surface area contributed by atoms with Crippen LogP contribution >= 0.6 is 11.9 Å². The number of aromatic nitrogens is 4. The monoisotopic (exact) mass is 255 g/mol. The van der Waals surface area contributed by atoms with Gasteiger partial charge in [-0.2, -0.15) is 0 Å². The molecule has 0 saturated carbocycles. The van der Waals surface area contributed by atoms with Crippen LogP contribution < -0.4 is 15.8 Å². The number of nitrogens with one attached hydrogen (secondary N) is 2. The van der Waals surface area contributed by atoms with Crippen LogP contribution in [-0.4, -0.2) is 32.7 Å². The molecule has 0 aliphatic carbocycles. The number of anilines is 2. The molecule has 17 heavy (non-hydrogen) atoms. The number of fused-ring (bicyclic) bond motifs is 1. The van der Waals surface area contributed by atoms with Gasteiger partial charge in [-0.05, 0) is 16.7 Å². The third kappa shape index (κ3) is 2.74. The number of nitrogens with zero attached hydrogens (tertiary/aromatic N) is 4. The third-order valence-corrected chi connectivity index (χ3v) is 2.29. The minimum absolute atomic E-state index is 0.372. The fourth-order valence-corrected chi connectivity index (χ4v) is 1.46. The average Bonchev–Trinajstić information content (AvgIpc) is 2.80. The number of hydrogen-bond acceptors (Lipinski definition) is 9. The molecule has 8 nitrogen and oxygen atoms in total. The van der Waals surface area contributed by atoms with Crippen molar-refractivity contribution in [3.05, 3.63) is 0 Å². The molecule has 0 spiro atoms. The second-order valence-corrected chi connectivity index (χ2v) is 3.87. The Hall–Kier alpha value is -1.61. The molecular weight excluding hydrogens is 242 g/mol. The Kier molecular flexibility index (Phi) is 3.94. The van der Waals surface area contributed by atoms with Gasteiger partial charge in [0.1, 0.15) is 0 Å². The van der Waals surface area contributed by atoms with Gasteiger partial charge in [-0.3, -0.25) is 5.14 Å². The maximum absolute atomic E-state index is 5.36. The molecule has 2 aromatic rings.